The first-order valence-corrected chi connectivity index (χ1v) is 6.35. The molecule has 0 fully saturated rings. The van der Waals surface area contributed by atoms with E-state index in [1.54, 1.807) is 0 Å². The first kappa shape index (κ1) is 15.4. The molecule has 0 aliphatic carbocycles. The fourth-order valence-electron chi connectivity index (χ4n) is 1.54. The van der Waals surface area contributed by atoms with Crippen molar-refractivity contribution in [1.29, 1.82) is 5.26 Å². The average Bonchev–Trinajstić information content (AvgIpc) is 2.27. The second-order valence-electron chi connectivity index (χ2n) is 4.59. The minimum atomic E-state index is -0.443. The Labute approximate surface area is 100 Å². The summed E-state index contributed by atoms with van der Waals surface area (Å²) in [6.45, 7) is 9.83. The Bertz CT molecular complexity index is 212. The zero-order chi connectivity index (χ0) is 12.4. The highest BCUT2D eigenvalue weighted by atomic mass is 16.5. The molecule has 0 aromatic rings. The van der Waals surface area contributed by atoms with Crippen LogP contribution in [0.15, 0.2) is 0 Å². The molecule has 3 nitrogen and oxygen atoms in total. The highest BCUT2D eigenvalue weighted by Gasteiger charge is 2.22. The van der Waals surface area contributed by atoms with Gasteiger partial charge in [-0.15, -0.1) is 0 Å². The zero-order valence-electron chi connectivity index (χ0n) is 11.2. The van der Waals surface area contributed by atoms with E-state index in [2.05, 4.69) is 32.2 Å². The maximum atomic E-state index is 9.11. The van der Waals surface area contributed by atoms with Crippen molar-refractivity contribution in [2.24, 2.45) is 0 Å². The number of hydrogen-bond acceptors (Lipinski definition) is 3. The fourth-order valence-corrected chi connectivity index (χ4v) is 1.54. The topological polar surface area (TPSA) is 45.0 Å². The lowest BCUT2D eigenvalue weighted by atomic mass is 10.0. The quantitative estimate of drug-likeness (QED) is 0.657. The molecule has 0 aromatic carbocycles. The maximum Gasteiger partial charge on any atom is 0.106 e. The van der Waals surface area contributed by atoms with Gasteiger partial charge in [-0.05, 0) is 33.2 Å². The first-order valence-electron chi connectivity index (χ1n) is 6.35. The molecule has 0 bridgehead atoms. The van der Waals surface area contributed by atoms with Crippen LogP contribution in [0.3, 0.4) is 0 Å². The van der Waals surface area contributed by atoms with E-state index in [1.165, 1.54) is 0 Å². The Kier molecular flexibility index (Phi) is 8.23. The van der Waals surface area contributed by atoms with Crippen molar-refractivity contribution >= 4 is 0 Å². The summed E-state index contributed by atoms with van der Waals surface area (Å²) in [5, 5.41) is 12.4. The Morgan fingerprint density at radius 2 is 2.06 bits per heavy atom. The number of ether oxygens (including phenoxy) is 1. The van der Waals surface area contributed by atoms with Gasteiger partial charge in [0.25, 0.3) is 0 Å². The third-order valence-electron chi connectivity index (χ3n) is 2.71. The smallest absolute Gasteiger partial charge is 0.106 e. The lowest BCUT2D eigenvalue weighted by Gasteiger charge is -2.23. The van der Waals surface area contributed by atoms with Gasteiger partial charge in [0.2, 0.25) is 0 Å². The molecular formula is C13H26N2O. The fraction of sp³-hybridized carbons (Fsp3) is 0.923. The standard InChI is InChI=1S/C13H26N2O/c1-5-7-12(3)16-10-8-13(4,11-14)15-9-6-2/h12,15H,5-10H2,1-4H3. The summed E-state index contributed by atoms with van der Waals surface area (Å²) in [5.74, 6) is 0. The number of nitrogens with zero attached hydrogens (tertiary/aromatic N) is 1. The molecule has 0 radical (unpaired) electrons. The third-order valence-corrected chi connectivity index (χ3v) is 2.71. The van der Waals surface area contributed by atoms with E-state index in [-0.39, 0.29) is 0 Å². The molecule has 0 spiro atoms. The lowest BCUT2D eigenvalue weighted by molar-refractivity contribution is 0.0500. The second kappa shape index (κ2) is 8.55. The van der Waals surface area contributed by atoms with E-state index < -0.39 is 5.54 Å². The third kappa shape index (κ3) is 6.81. The van der Waals surface area contributed by atoms with Crippen molar-refractivity contribution in [2.45, 2.75) is 65.0 Å². The minimum Gasteiger partial charge on any atom is -0.378 e. The Morgan fingerprint density at radius 1 is 1.38 bits per heavy atom. The number of rotatable bonds is 9. The molecule has 0 amide bonds. The second-order valence-corrected chi connectivity index (χ2v) is 4.59. The van der Waals surface area contributed by atoms with E-state index >= 15 is 0 Å². The molecule has 0 heterocycles. The summed E-state index contributed by atoms with van der Waals surface area (Å²) >= 11 is 0. The van der Waals surface area contributed by atoms with Gasteiger partial charge >= 0.3 is 0 Å². The molecule has 16 heavy (non-hydrogen) atoms. The van der Waals surface area contributed by atoms with Gasteiger partial charge in [-0.3, -0.25) is 5.32 Å². The highest BCUT2D eigenvalue weighted by molar-refractivity contribution is 5.03. The Morgan fingerprint density at radius 3 is 2.56 bits per heavy atom. The van der Waals surface area contributed by atoms with Gasteiger partial charge < -0.3 is 4.74 Å². The molecule has 3 heteroatoms. The summed E-state index contributed by atoms with van der Waals surface area (Å²) < 4.78 is 5.67. The van der Waals surface area contributed by atoms with Crippen LogP contribution in [0.5, 0.6) is 0 Å². The lowest BCUT2D eigenvalue weighted by Crippen LogP contribution is -2.42. The van der Waals surface area contributed by atoms with Crippen molar-refractivity contribution in [3.63, 3.8) is 0 Å². The van der Waals surface area contributed by atoms with E-state index in [1.807, 2.05) is 6.92 Å². The normalized spacial score (nSPS) is 16.4. The van der Waals surface area contributed by atoms with Crippen LogP contribution < -0.4 is 5.32 Å². The molecular weight excluding hydrogens is 200 g/mol. The van der Waals surface area contributed by atoms with Crippen molar-refractivity contribution in [3.8, 4) is 6.07 Å². The predicted molar refractivity (Wildman–Crippen MR) is 67.3 cm³/mol. The Hall–Kier alpha value is -0.590. The van der Waals surface area contributed by atoms with Gasteiger partial charge in [0.1, 0.15) is 5.54 Å². The van der Waals surface area contributed by atoms with Crippen molar-refractivity contribution in [2.75, 3.05) is 13.2 Å². The van der Waals surface area contributed by atoms with Gasteiger partial charge in [0.15, 0.2) is 0 Å². The number of nitrogens with one attached hydrogen (secondary N) is 1. The number of nitriles is 1. The average molecular weight is 226 g/mol. The van der Waals surface area contributed by atoms with Gasteiger partial charge in [0, 0.05) is 13.0 Å². The molecule has 0 aliphatic rings. The molecule has 0 aromatic heterocycles. The van der Waals surface area contributed by atoms with Crippen LogP contribution in [0.2, 0.25) is 0 Å². The predicted octanol–water partition coefficient (Wildman–Crippen LogP) is 2.86. The van der Waals surface area contributed by atoms with Crippen LogP contribution >= 0.6 is 0 Å². The van der Waals surface area contributed by atoms with Crippen LogP contribution in [0.25, 0.3) is 0 Å². The molecule has 0 rings (SSSR count). The van der Waals surface area contributed by atoms with Crippen LogP contribution in [0.1, 0.15) is 53.4 Å². The summed E-state index contributed by atoms with van der Waals surface area (Å²) in [5.41, 5.74) is -0.443. The molecule has 94 valence electrons. The highest BCUT2D eigenvalue weighted by Crippen LogP contribution is 2.10. The summed E-state index contributed by atoms with van der Waals surface area (Å²) in [6, 6.07) is 2.33. The minimum absolute atomic E-state index is 0.305. The van der Waals surface area contributed by atoms with Crippen LogP contribution in [0, 0.1) is 11.3 Å². The molecule has 0 aliphatic heterocycles. The van der Waals surface area contributed by atoms with Crippen LogP contribution in [-0.4, -0.2) is 24.8 Å². The van der Waals surface area contributed by atoms with Crippen LogP contribution in [-0.2, 0) is 4.74 Å². The van der Waals surface area contributed by atoms with Crippen molar-refractivity contribution in [1.82, 2.24) is 5.32 Å². The van der Waals surface area contributed by atoms with E-state index in [0.717, 1.165) is 32.2 Å². The molecule has 1 N–H and O–H groups in total. The van der Waals surface area contributed by atoms with Crippen molar-refractivity contribution in [3.05, 3.63) is 0 Å². The maximum absolute atomic E-state index is 9.11. The summed E-state index contributed by atoms with van der Waals surface area (Å²) in [4.78, 5) is 0. The zero-order valence-corrected chi connectivity index (χ0v) is 11.2. The van der Waals surface area contributed by atoms with Gasteiger partial charge in [-0.1, -0.05) is 20.3 Å². The van der Waals surface area contributed by atoms with Gasteiger partial charge in [-0.25, -0.2) is 0 Å². The van der Waals surface area contributed by atoms with E-state index in [0.29, 0.717) is 12.7 Å². The van der Waals surface area contributed by atoms with Crippen LogP contribution in [0.4, 0.5) is 0 Å². The molecule has 0 saturated heterocycles. The van der Waals surface area contributed by atoms with Crippen molar-refractivity contribution < 1.29 is 4.74 Å². The monoisotopic (exact) mass is 226 g/mol. The first-order chi connectivity index (χ1) is 7.58. The van der Waals surface area contributed by atoms with Gasteiger partial charge in [0.05, 0.1) is 12.2 Å². The van der Waals surface area contributed by atoms with E-state index in [9.17, 15) is 0 Å². The Balaban J connectivity index is 3.82. The molecule has 2 unspecified atom stereocenters. The SMILES string of the molecule is CCCNC(C)(C#N)CCOC(C)CCC. The van der Waals surface area contributed by atoms with E-state index in [4.69, 9.17) is 10.00 Å². The molecule has 0 saturated carbocycles. The molecule has 2 atom stereocenters. The largest absolute Gasteiger partial charge is 0.378 e. The van der Waals surface area contributed by atoms with Gasteiger partial charge in [-0.2, -0.15) is 5.26 Å². The summed E-state index contributed by atoms with van der Waals surface area (Å²) in [7, 11) is 0. The number of hydrogen-bond donors (Lipinski definition) is 1. The summed E-state index contributed by atoms with van der Waals surface area (Å²) in [6.07, 6.45) is 4.33.